The molecule has 1 aromatic carbocycles. The van der Waals surface area contributed by atoms with Crippen molar-refractivity contribution >= 4 is 11.6 Å². The van der Waals surface area contributed by atoms with Crippen molar-refractivity contribution in [1.82, 2.24) is 15.0 Å². The number of rotatable bonds is 6. The third-order valence-electron chi connectivity index (χ3n) is 4.62. The fraction of sp³-hybridized carbons (Fsp3) is 0.500. The van der Waals surface area contributed by atoms with Gasteiger partial charge in [0.2, 0.25) is 11.8 Å². The summed E-state index contributed by atoms with van der Waals surface area (Å²) < 4.78 is 48.5. The van der Waals surface area contributed by atoms with E-state index in [-0.39, 0.29) is 43.4 Å². The van der Waals surface area contributed by atoms with Crippen LogP contribution in [0.3, 0.4) is 0 Å². The molecule has 1 amide bonds. The van der Waals surface area contributed by atoms with Crippen LogP contribution in [-0.2, 0) is 17.8 Å². The number of anilines is 1. The number of hydrogen-bond donors (Lipinski definition) is 1. The third-order valence-corrected chi connectivity index (χ3v) is 4.62. The zero-order valence-corrected chi connectivity index (χ0v) is 15.3. The summed E-state index contributed by atoms with van der Waals surface area (Å²) >= 11 is 0. The van der Waals surface area contributed by atoms with Gasteiger partial charge in [-0.15, -0.1) is 0 Å². The maximum absolute atomic E-state index is 12.7. The van der Waals surface area contributed by atoms with Gasteiger partial charge in [0.15, 0.2) is 5.82 Å². The lowest BCUT2D eigenvalue weighted by Crippen LogP contribution is -2.38. The van der Waals surface area contributed by atoms with Gasteiger partial charge in [-0.1, -0.05) is 17.3 Å². The van der Waals surface area contributed by atoms with E-state index >= 15 is 0 Å². The summed E-state index contributed by atoms with van der Waals surface area (Å²) in [5.41, 5.74) is 0.534. The maximum Gasteiger partial charge on any atom is 0.391 e. The van der Waals surface area contributed by atoms with Crippen LogP contribution in [0, 0.1) is 5.92 Å². The highest BCUT2D eigenvalue weighted by atomic mass is 19.4. The average molecular weight is 398 g/mol. The van der Waals surface area contributed by atoms with Gasteiger partial charge in [-0.25, -0.2) is 0 Å². The van der Waals surface area contributed by atoms with Gasteiger partial charge in [-0.3, -0.25) is 9.69 Å². The smallest absolute Gasteiger partial charge is 0.391 e. The lowest BCUT2D eigenvalue weighted by atomic mass is 9.96. The van der Waals surface area contributed by atoms with E-state index in [1.165, 1.54) is 7.11 Å². The van der Waals surface area contributed by atoms with E-state index in [4.69, 9.17) is 9.26 Å². The number of carbonyl (C=O) groups is 1. The molecule has 10 heteroatoms. The molecule has 7 nitrogen and oxygen atoms in total. The quantitative estimate of drug-likeness (QED) is 0.806. The molecule has 0 atom stereocenters. The van der Waals surface area contributed by atoms with Gasteiger partial charge in [0.1, 0.15) is 5.75 Å². The molecule has 1 aliphatic rings. The SMILES string of the molecule is COc1ccccc1NC(=O)Cc1noc(CN2CCC(C(F)(F)F)CC2)n1. The molecule has 1 aliphatic heterocycles. The topological polar surface area (TPSA) is 80.5 Å². The summed E-state index contributed by atoms with van der Waals surface area (Å²) in [6, 6.07) is 7.00. The molecule has 0 aliphatic carbocycles. The molecule has 0 radical (unpaired) electrons. The predicted octanol–water partition coefficient (Wildman–Crippen LogP) is 3.03. The first-order chi connectivity index (χ1) is 13.3. The van der Waals surface area contributed by atoms with Crippen LogP contribution in [0.5, 0.6) is 5.75 Å². The number of likely N-dealkylation sites (tertiary alicyclic amines) is 1. The number of carbonyl (C=O) groups excluding carboxylic acids is 1. The Balaban J connectivity index is 1.50. The molecular formula is C18H21F3N4O3. The van der Waals surface area contributed by atoms with Crippen LogP contribution in [0.4, 0.5) is 18.9 Å². The summed E-state index contributed by atoms with van der Waals surface area (Å²) in [6.07, 6.45) is -4.10. The molecule has 2 heterocycles. The molecule has 152 valence electrons. The van der Waals surface area contributed by atoms with Crippen LogP contribution in [0.15, 0.2) is 28.8 Å². The van der Waals surface area contributed by atoms with E-state index in [1.54, 1.807) is 24.3 Å². The number of methoxy groups -OCH3 is 1. The minimum absolute atomic E-state index is 0.0613. The van der Waals surface area contributed by atoms with E-state index < -0.39 is 12.1 Å². The van der Waals surface area contributed by atoms with E-state index in [1.807, 2.05) is 4.90 Å². The van der Waals surface area contributed by atoms with Crippen molar-refractivity contribution in [2.45, 2.75) is 32.0 Å². The molecular weight excluding hydrogens is 377 g/mol. The Bertz CT molecular complexity index is 801. The number of halogens is 3. The standard InChI is InChI=1S/C18H21F3N4O3/c1-27-14-5-3-2-4-13(14)22-16(26)10-15-23-17(28-24-15)11-25-8-6-12(7-9-25)18(19,20)21/h2-5,12H,6-11H2,1H3,(H,22,26). The molecule has 1 fully saturated rings. The number of ether oxygens (including phenoxy) is 1. The Morgan fingerprint density at radius 1 is 1.32 bits per heavy atom. The van der Waals surface area contributed by atoms with Gasteiger partial charge in [0.25, 0.3) is 0 Å². The van der Waals surface area contributed by atoms with Gasteiger partial charge >= 0.3 is 6.18 Å². The summed E-state index contributed by atoms with van der Waals surface area (Å²) in [5.74, 6) is -0.548. The number of hydrogen-bond acceptors (Lipinski definition) is 6. The van der Waals surface area contributed by atoms with Crippen molar-refractivity contribution in [1.29, 1.82) is 0 Å². The Morgan fingerprint density at radius 2 is 2.04 bits per heavy atom. The number of nitrogens with one attached hydrogen (secondary N) is 1. The molecule has 1 aromatic heterocycles. The molecule has 2 aromatic rings. The van der Waals surface area contributed by atoms with E-state index in [0.29, 0.717) is 24.5 Å². The molecule has 1 saturated heterocycles. The highest BCUT2D eigenvalue weighted by molar-refractivity contribution is 5.93. The van der Waals surface area contributed by atoms with E-state index in [9.17, 15) is 18.0 Å². The number of para-hydroxylation sites is 2. The van der Waals surface area contributed by atoms with Crippen molar-refractivity contribution in [2.24, 2.45) is 5.92 Å². The Labute approximate surface area is 159 Å². The summed E-state index contributed by atoms with van der Waals surface area (Å²) in [6.45, 7) is 0.901. The second-order valence-electron chi connectivity index (χ2n) is 6.62. The summed E-state index contributed by atoms with van der Waals surface area (Å²) in [7, 11) is 1.51. The predicted molar refractivity (Wildman–Crippen MR) is 93.7 cm³/mol. The summed E-state index contributed by atoms with van der Waals surface area (Å²) in [4.78, 5) is 18.2. The molecule has 0 unspecified atom stereocenters. The first kappa shape index (κ1) is 20.1. The van der Waals surface area contributed by atoms with Gasteiger partial charge in [-0.05, 0) is 38.1 Å². The monoisotopic (exact) mass is 398 g/mol. The number of amides is 1. The van der Waals surface area contributed by atoms with Crippen LogP contribution in [0.2, 0.25) is 0 Å². The fourth-order valence-electron chi connectivity index (χ4n) is 3.12. The number of benzene rings is 1. The largest absolute Gasteiger partial charge is 0.495 e. The molecule has 28 heavy (non-hydrogen) atoms. The van der Waals surface area contributed by atoms with Gasteiger partial charge in [0, 0.05) is 0 Å². The van der Waals surface area contributed by atoms with Crippen LogP contribution in [0.25, 0.3) is 0 Å². The third kappa shape index (κ3) is 5.22. The zero-order chi connectivity index (χ0) is 20.1. The van der Waals surface area contributed by atoms with Crippen LogP contribution in [-0.4, -0.2) is 47.3 Å². The highest BCUT2D eigenvalue weighted by Gasteiger charge is 2.41. The van der Waals surface area contributed by atoms with Crippen molar-refractivity contribution in [2.75, 3.05) is 25.5 Å². The number of nitrogens with zero attached hydrogens (tertiary/aromatic N) is 3. The normalized spacial score (nSPS) is 16.1. The average Bonchev–Trinajstić information content (AvgIpc) is 3.08. The van der Waals surface area contributed by atoms with Gasteiger partial charge < -0.3 is 14.6 Å². The first-order valence-corrected chi connectivity index (χ1v) is 8.88. The molecule has 1 N–H and O–H groups in total. The van der Waals surface area contributed by atoms with Gasteiger partial charge in [-0.2, -0.15) is 18.2 Å². The van der Waals surface area contributed by atoms with Crippen LogP contribution < -0.4 is 10.1 Å². The van der Waals surface area contributed by atoms with Crippen molar-refractivity contribution in [3.05, 3.63) is 36.0 Å². The van der Waals surface area contributed by atoms with Crippen molar-refractivity contribution < 1.29 is 27.2 Å². The van der Waals surface area contributed by atoms with E-state index in [0.717, 1.165) is 0 Å². The van der Waals surface area contributed by atoms with Crippen LogP contribution in [0.1, 0.15) is 24.6 Å². The second kappa shape index (κ2) is 8.59. The minimum atomic E-state index is -4.14. The Morgan fingerprint density at radius 3 is 2.71 bits per heavy atom. The minimum Gasteiger partial charge on any atom is -0.495 e. The first-order valence-electron chi connectivity index (χ1n) is 8.88. The number of piperidine rings is 1. The lowest BCUT2D eigenvalue weighted by Gasteiger charge is -2.31. The maximum atomic E-state index is 12.7. The fourth-order valence-corrected chi connectivity index (χ4v) is 3.12. The van der Waals surface area contributed by atoms with Gasteiger partial charge in [0.05, 0.1) is 31.7 Å². The molecule has 3 rings (SSSR count). The van der Waals surface area contributed by atoms with E-state index in [2.05, 4.69) is 15.5 Å². The Kier molecular flexibility index (Phi) is 6.18. The summed E-state index contributed by atoms with van der Waals surface area (Å²) in [5, 5.41) is 6.49. The molecule has 0 saturated carbocycles. The lowest BCUT2D eigenvalue weighted by molar-refractivity contribution is -0.185. The highest BCUT2D eigenvalue weighted by Crippen LogP contribution is 2.34. The second-order valence-corrected chi connectivity index (χ2v) is 6.62. The van der Waals surface area contributed by atoms with Crippen molar-refractivity contribution in [3.8, 4) is 5.75 Å². The number of aromatic nitrogens is 2. The molecule has 0 spiro atoms. The molecule has 0 bridgehead atoms. The number of alkyl halides is 3. The van der Waals surface area contributed by atoms with Crippen molar-refractivity contribution in [3.63, 3.8) is 0 Å². The van der Waals surface area contributed by atoms with Crippen LogP contribution >= 0.6 is 0 Å². The zero-order valence-electron chi connectivity index (χ0n) is 15.3. The Hall–Kier alpha value is -2.62.